The molecule has 0 N–H and O–H groups in total. The highest BCUT2D eigenvalue weighted by Crippen LogP contribution is 2.48. The van der Waals surface area contributed by atoms with Crippen LogP contribution in [0.25, 0.3) is 0 Å². The quantitative estimate of drug-likeness (QED) is 0.238. The van der Waals surface area contributed by atoms with Gasteiger partial charge in [-0.25, -0.2) is 9.18 Å². The predicted molar refractivity (Wildman–Crippen MR) is 106 cm³/mol. The number of urea groups is 1. The summed E-state index contributed by atoms with van der Waals surface area (Å²) in [5.74, 6) is -15.4. The number of hydroxylamine groups is 1. The Morgan fingerprint density at radius 3 is 1.74 bits per heavy atom. The Labute approximate surface area is 219 Å². The molecular weight excluding hydrogens is 615 g/mol. The lowest BCUT2D eigenvalue weighted by atomic mass is 10.0. The number of anilines is 1. The first-order valence-electron chi connectivity index (χ1n) is 9.56. The molecule has 0 radical (unpaired) electrons. The van der Waals surface area contributed by atoms with Crippen molar-refractivity contribution >= 4 is 52.6 Å². The molecule has 39 heavy (non-hydrogen) atoms. The average molecular weight is 626 g/mol. The van der Waals surface area contributed by atoms with Crippen molar-refractivity contribution < 1.29 is 72.7 Å². The lowest BCUT2D eigenvalue weighted by Crippen LogP contribution is -2.62. The largest absolute Gasteiger partial charge is 0.462 e. The molecule has 1 unspecified atom stereocenters. The number of carbonyl (C=O) groups excluding carboxylic acids is 4. The Hall–Kier alpha value is -2.90. The SMILES string of the molecule is CN1C(=O)C(C(=O)N(OC(F)(F)C(F)OC(F)(F)C(F)(F)C(F)(F)F)c2cc(Cl)cc(Cl)c2)C(=O)N(C)C1=O. The van der Waals surface area contributed by atoms with E-state index in [-0.39, 0.29) is 9.80 Å². The fourth-order valence-corrected chi connectivity index (χ4v) is 3.23. The molecule has 0 saturated carbocycles. The Morgan fingerprint density at radius 1 is 0.897 bits per heavy atom. The number of halogens is 12. The topological polar surface area (TPSA) is 96.5 Å². The molecular formula is C18H11Cl2F10N3O6. The van der Waals surface area contributed by atoms with Gasteiger partial charge in [0.05, 0.1) is 5.69 Å². The maximum absolute atomic E-state index is 14.4. The average Bonchev–Trinajstić information content (AvgIpc) is 2.78. The summed E-state index contributed by atoms with van der Waals surface area (Å²) in [6.07, 6.45) is -25.2. The summed E-state index contributed by atoms with van der Waals surface area (Å²) < 4.78 is 135. The fourth-order valence-electron chi connectivity index (χ4n) is 2.72. The standard InChI is InChI=1S/C18H11Cl2F10N3O6/c1-31-10(34)9(11(35)32(2)14(31)37)12(36)33(8-4-6(19)3-7(20)5-8)39-15(22,23)13(21)38-18(29,30)16(24,25)17(26,27)28/h3-5,9,13H,1-2H3. The van der Waals surface area contributed by atoms with Crippen molar-refractivity contribution in [1.82, 2.24) is 9.80 Å². The molecule has 9 nitrogen and oxygen atoms in total. The third-order valence-electron chi connectivity index (χ3n) is 4.71. The van der Waals surface area contributed by atoms with E-state index in [1.54, 1.807) is 0 Å². The number of alkyl halides is 10. The molecule has 0 aromatic heterocycles. The molecule has 1 heterocycles. The Bertz CT molecular complexity index is 1140. The summed E-state index contributed by atoms with van der Waals surface area (Å²) in [5.41, 5.74) is -1.06. The van der Waals surface area contributed by atoms with E-state index < -0.39 is 81.1 Å². The summed E-state index contributed by atoms with van der Waals surface area (Å²) >= 11 is 11.3. The minimum Gasteiger partial charge on any atom is -0.273 e. The van der Waals surface area contributed by atoms with Gasteiger partial charge in [0.25, 0.3) is 24.1 Å². The van der Waals surface area contributed by atoms with Gasteiger partial charge in [-0.15, -0.1) is 0 Å². The zero-order valence-corrected chi connectivity index (χ0v) is 20.2. The molecule has 0 aliphatic carbocycles. The van der Waals surface area contributed by atoms with Gasteiger partial charge >= 0.3 is 30.3 Å². The molecule has 1 aromatic rings. The minimum absolute atomic E-state index is 0.173. The maximum Gasteiger partial charge on any atom is 0.462 e. The first-order chi connectivity index (χ1) is 17.5. The van der Waals surface area contributed by atoms with Crippen molar-refractivity contribution in [3.8, 4) is 0 Å². The summed E-state index contributed by atoms with van der Waals surface area (Å²) in [6, 6.07) is 0.741. The number of amides is 5. The molecule has 21 heteroatoms. The van der Waals surface area contributed by atoms with Crippen molar-refractivity contribution in [1.29, 1.82) is 0 Å². The molecule has 1 fully saturated rings. The van der Waals surface area contributed by atoms with Gasteiger partial charge in [0, 0.05) is 24.1 Å². The highest BCUT2D eigenvalue weighted by molar-refractivity contribution is 6.35. The van der Waals surface area contributed by atoms with E-state index in [9.17, 15) is 63.1 Å². The minimum atomic E-state index is -7.18. The number of barbiturate groups is 1. The molecule has 1 atom stereocenters. The first-order valence-corrected chi connectivity index (χ1v) is 10.3. The first kappa shape index (κ1) is 32.3. The van der Waals surface area contributed by atoms with Crippen LogP contribution < -0.4 is 5.06 Å². The second-order valence-corrected chi connectivity index (χ2v) is 8.32. The number of nitrogens with zero attached hydrogens (tertiary/aromatic N) is 3. The zero-order valence-electron chi connectivity index (χ0n) is 18.7. The van der Waals surface area contributed by atoms with Gasteiger partial charge in [-0.3, -0.25) is 28.9 Å². The molecule has 0 bridgehead atoms. The van der Waals surface area contributed by atoms with Gasteiger partial charge in [0.1, 0.15) is 0 Å². The third kappa shape index (κ3) is 6.15. The summed E-state index contributed by atoms with van der Waals surface area (Å²) in [6.45, 7) is 0. The maximum atomic E-state index is 14.4. The molecule has 1 aliphatic rings. The number of hydrogen-bond donors (Lipinski definition) is 0. The highest BCUT2D eigenvalue weighted by Gasteiger charge is 2.76. The molecule has 0 spiro atoms. The van der Waals surface area contributed by atoms with E-state index in [4.69, 9.17) is 23.2 Å². The number of rotatable bonds is 8. The fraction of sp³-hybridized carbons (Fsp3) is 0.444. The van der Waals surface area contributed by atoms with E-state index >= 15 is 0 Å². The van der Waals surface area contributed by atoms with Crippen LogP contribution >= 0.6 is 23.2 Å². The van der Waals surface area contributed by atoms with E-state index in [0.29, 0.717) is 12.1 Å². The van der Waals surface area contributed by atoms with Crippen molar-refractivity contribution in [3.63, 3.8) is 0 Å². The van der Waals surface area contributed by atoms with Crippen LogP contribution in [0.5, 0.6) is 0 Å². The van der Waals surface area contributed by atoms with Gasteiger partial charge in [-0.2, -0.15) is 49.4 Å². The third-order valence-corrected chi connectivity index (χ3v) is 5.14. The van der Waals surface area contributed by atoms with Gasteiger partial charge < -0.3 is 0 Å². The second-order valence-electron chi connectivity index (χ2n) is 7.45. The van der Waals surface area contributed by atoms with Crippen LogP contribution in [0.1, 0.15) is 0 Å². The van der Waals surface area contributed by atoms with E-state index in [1.807, 2.05) is 0 Å². The smallest absolute Gasteiger partial charge is 0.273 e. The Balaban J connectivity index is 2.53. The van der Waals surface area contributed by atoms with Crippen LogP contribution in [0, 0.1) is 5.92 Å². The number of imide groups is 2. The van der Waals surface area contributed by atoms with Crippen molar-refractivity contribution in [2.75, 3.05) is 19.2 Å². The summed E-state index contributed by atoms with van der Waals surface area (Å²) in [7, 11) is 1.50. The van der Waals surface area contributed by atoms with Crippen LogP contribution in [0.3, 0.4) is 0 Å². The number of hydrogen-bond acceptors (Lipinski definition) is 6. The van der Waals surface area contributed by atoms with E-state index in [2.05, 4.69) is 9.57 Å². The van der Waals surface area contributed by atoms with Crippen LogP contribution in [0.4, 0.5) is 54.4 Å². The number of ether oxygens (including phenoxy) is 1. The molecule has 1 aromatic carbocycles. The lowest BCUT2D eigenvalue weighted by Gasteiger charge is -2.35. The molecule has 218 valence electrons. The number of carbonyl (C=O) groups is 4. The Kier molecular flexibility index (Phi) is 8.77. The number of benzene rings is 1. The van der Waals surface area contributed by atoms with E-state index in [0.717, 1.165) is 20.2 Å². The molecule has 5 amide bonds. The summed E-state index contributed by atoms with van der Waals surface area (Å²) in [4.78, 5) is 53.8. The van der Waals surface area contributed by atoms with Crippen molar-refractivity contribution in [2.24, 2.45) is 5.92 Å². The molecule has 2 rings (SSSR count). The van der Waals surface area contributed by atoms with Gasteiger partial charge in [-0.1, -0.05) is 23.2 Å². The highest BCUT2D eigenvalue weighted by atomic mass is 35.5. The second kappa shape index (κ2) is 10.6. The van der Waals surface area contributed by atoms with Gasteiger partial charge in [0.2, 0.25) is 0 Å². The van der Waals surface area contributed by atoms with Crippen LogP contribution in [0.2, 0.25) is 10.0 Å². The Morgan fingerprint density at radius 2 is 1.33 bits per heavy atom. The van der Waals surface area contributed by atoms with Crippen molar-refractivity contribution in [3.05, 3.63) is 28.2 Å². The lowest BCUT2D eigenvalue weighted by molar-refractivity contribution is -0.465. The van der Waals surface area contributed by atoms with Crippen molar-refractivity contribution in [2.45, 2.75) is 30.7 Å². The molecule has 1 saturated heterocycles. The van der Waals surface area contributed by atoms with E-state index in [1.165, 1.54) is 0 Å². The van der Waals surface area contributed by atoms with Gasteiger partial charge in [0.15, 0.2) is 5.92 Å². The normalized spacial score (nSPS) is 17.1. The zero-order chi connectivity index (χ0) is 30.5. The summed E-state index contributed by atoms with van der Waals surface area (Å²) in [5, 5.41) is -1.75. The van der Waals surface area contributed by atoms with Crippen LogP contribution in [0.15, 0.2) is 18.2 Å². The monoisotopic (exact) mass is 625 g/mol. The molecule has 1 aliphatic heterocycles. The van der Waals surface area contributed by atoms with Crippen LogP contribution in [-0.2, 0) is 24.0 Å². The van der Waals surface area contributed by atoms with Crippen LogP contribution in [-0.4, -0.2) is 78.3 Å². The predicted octanol–water partition coefficient (Wildman–Crippen LogP) is 4.62. The van der Waals surface area contributed by atoms with Gasteiger partial charge in [-0.05, 0) is 18.2 Å².